The molecular weight excluding hydrogens is 208 g/mol. The van der Waals surface area contributed by atoms with Crippen molar-refractivity contribution >= 4 is 5.78 Å². The predicted molar refractivity (Wildman–Crippen MR) is 56.6 cm³/mol. The van der Waals surface area contributed by atoms with Gasteiger partial charge in [-0.2, -0.15) is 5.10 Å². The zero-order valence-electron chi connectivity index (χ0n) is 9.51. The first-order chi connectivity index (χ1) is 7.54. The molecular formula is C10H16N4O2. The van der Waals surface area contributed by atoms with Crippen molar-refractivity contribution in [3.63, 3.8) is 0 Å². The second-order valence-electron chi connectivity index (χ2n) is 4.44. The lowest BCUT2D eigenvalue weighted by molar-refractivity contribution is -0.127. The monoisotopic (exact) mass is 224 g/mol. The van der Waals surface area contributed by atoms with Crippen molar-refractivity contribution in [1.82, 2.24) is 14.8 Å². The van der Waals surface area contributed by atoms with Crippen molar-refractivity contribution in [2.45, 2.75) is 19.4 Å². The zero-order valence-corrected chi connectivity index (χ0v) is 9.51. The smallest absolute Gasteiger partial charge is 0.150 e. The minimum atomic E-state index is -0.591. The third-order valence-electron chi connectivity index (χ3n) is 3.28. The first kappa shape index (κ1) is 11.2. The number of ketones is 1. The van der Waals surface area contributed by atoms with E-state index in [2.05, 4.69) is 10.1 Å². The maximum Gasteiger partial charge on any atom is 0.150 e. The van der Waals surface area contributed by atoms with Gasteiger partial charge in [-0.15, -0.1) is 0 Å². The molecule has 1 aliphatic heterocycles. The summed E-state index contributed by atoms with van der Waals surface area (Å²) >= 11 is 0. The van der Waals surface area contributed by atoms with Gasteiger partial charge in [-0.1, -0.05) is 0 Å². The lowest BCUT2D eigenvalue weighted by Crippen LogP contribution is -2.45. The van der Waals surface area contributed by atoms with Crippen LogP contribution in [0.25, 0.3) is 0 Å². The van der Waals surface area contributed by atoms with Crippen LogP contribution in [0.15, 0.2) is 6.33 Å². The number of Topliss-reactive ketones (excluding diaryl/α,β-unsaturated/α-hetero) is 1. The van der Waals surface area contributed by atoms with Crippen LogP contribution < -0.4 is 5.73 Å². The van der Waals surface area contributed by atoms with E-state index in [1.807, 2.05) is 6.92 Å². The molecule has 1 fully saturated rings. The number of aryl methyl sites for hydroxylation is 1. The summed E-state index contributed by atoms with van der Waals surface area (Å²) in [6.07, 6.45) is 1.69. The van der Waals surface area contributed by atoms with Crippen molar-refractivity contribution in [1.29, 1.82) is 0 Å². The molecule has 0 bridgehead atoms. The molecule has 6 heteroatoms. The summed E-state index contributed by atoms with van der Waals surface area (Å²) in [6.45, 7) is 2.69. The Morgan fingerprint density at radius 1 is 1.81 bits per heavy atom. The van der Waals surface area contributed by atoms with Gasteiger partial charge in [0.15, 0.2) is 0 Å². The second kappa shape index (κ2) is 3.95. The van der Waals surface area contributed by atoms with Gasteiger partial charge in [0.25, 0.3) is 0 Å². The molecule has 1 aliphatic rings. The Morgan fingerprint density at radius 3 is 3.06 bits per heavy atom. The van der Waals surface area contributed by atoms with E-state index in [1.54, 1.807) is 11.7 Å². The van der Waals surface area contributed by atoms with Crippen LogP contribution in [0, 0.1) is 5.41 Å². The van der Waals surface area contributed by atoms with Crippen LogP contribution in [-0.2, 0) is 23.0 Å². The molecule has 1 aromatic rings. The van der Waals surface area contributed by atoms with Crippen LogP contribution in [0.4, 0.5) is 0 Å². The van der Waals surface area contributed by atoms with Crippen LogP contribution >= 0.6 is 0 Å². The lowest BCUT2D eigenvalue weighted by atomic mass is 9.80. The van der Waals surface area contributed by atoms with Gasteiger partial charge in [-0.3, -0.25) is 9.48 Å². The minimum Gasteiger partial charge on any atom is -0.379 e. The molecule has 0 saturated carbocycles. The molecule has 0 spiro atoms. The van der Waals surface area contributed by atoms with Gasteiger partial charge in [0.1, 0.15) is 17.9 Å². The SMILES string of the molecule is Cn1ncnc1CC(=O)C1(C)COCC1N. The van der Waals surface area contributed by atoms with Crippen molar-refractivity contribution < 1.29 is 9.53 Å². The third kappa shape index (κ3) is 1.74. The number of hydrogen-bond acceptors (Lipinski definition) is 5. The average molecular weight is 224 g/mol. The zero-order chi connectivity index (χ0) is 11.8. The van der Waals surface area contributed by atoms with Crippen molar-refractivity contribution in [3.8, 4) is 0 Å². The normalized spacial score (nSPS) is 29.6. The maximum atomic E-state index is 12.2. The van der Waals surface area contributed by atoms with Crippen LogP contribution in [0.1, 0.15) is 12.7 Å². The van der Waals surface area contributed by atoms with Crippen molar-refractivity contribution in [2.75, 3.05) is 13.2 Å². The van der Waals surface area contributed by atoms with E-state index in [4.69, 9.17) is 10.5 Å². The summed E-state index contributed by atoms with van der Waals surface area (Å²) in [5.74, 6) is 0.721. The van der Waals surface area contributed by atoms with Gasteiger partial charge in [-0.25, -0.2) is 4.98 Å². The number of carbonyl (C=O) groups is 1. The largest absolute Gasteiger partial charge is 0.379 e. The van der Waals surface area contributed by atoms with E-state index >= 15 is 0 Å². The highest BCUT2D eigenvalue weighted by Gasteiger charge is 2.44. The lowest BCUT2D eigenvalue weighted by Gasteiger charge is -2.24. The standard InChI is InChI=1S/C10H16N4O2/c1-10(5-16-4-7(10)11)8(15)3-9-12-6-13-14(9)2/h6-7H,3-5,11H2,1-2H3. The van der Waals surface area contributed by atoms with Gasteiger partial charge in [0, 0.05) is 13.1 Å². The van der Waals surface area contributed by atoms with Crippen molar-refractivity contribution in [3.05, 3.63) is 12.2 Å². The number of rotatable bonds is 3. The molecule has 0 aliphatic carbocycles. The fourth-order valence-electron chi connectivity index (χ4n) is 1.80. The van der Waals surface area contributed by atoms with E-state index in [-0.39, 0.29) is 18.2 Å². The number of nitrogens with two attached hydrogens (primary N) is 1. The van der Waals surface area contributed by atoms with Crippen LogP contribution in [0.3, 0.4) is 0 Å². The van der Waals surface area contributed by atoms with Crippen LogP contribution in [-0.4, -0.2) is 39.8 Å². The predicted octanol–water partition coefficient (Wildman–Crippen LogP) is -0.709. The molecule has 2 unspecified atom stereocenters. The Balaban J connectivity index is 2.11. The number of carbonyl (C=O) groups excluding carboxylic acids is 1. The molecule has 2 rings (SSSR count). The summed E-state index contributed by atoms with van der Waals surface area (Å²) in [5, 5.41) is 3.93. The first-order valence-electron chi connectivity index (χ1n) is 5.23. The third-order valence-corrected chi connectivity index (χ3v) is 3.28. The fraction of sp³-hybridized carbons (Fsp3) is 0.700. The molecule has 16 heavy (non-hydrogen) atoms. The second-order valence-corrected chi connectivity index (χ2v) is 4.44. The molecule has 6 nitrogen and oxygen atoms in total. The Morgan fingerprint density at radius 2 is 2.56 bits per heavy atom. The Labute approximate surface area is 93.8 Å². The summed E-state index contributed by atoms with van der Waals surface area (Å²) in [5.41, 5.74) is 5.30. The number of aromatic nitrogens is 3. The maximum absolute atomic E-state index is 12.2. The number of nitrogens with zero attached hydrogens (tertiary/aromatic N) is 3. The Kier molecular flexibility index (Phi) is 2.77. The number of hydrogen-bond donors (Lipinski definition) is 1. The van der Waals surface area contributed by atoms with Crippen LogP contribution in [0.5, 0.6) is 0 Å². The summed E-state index contributed by atoms with van der Waals surface area (Å²) in [4.78, 5) is 16.2. The molecule has 1 aromatic heterocycles. The molecule has 2 N–H and O–H groups in total. The summed E-state index contributed by atoms with van der Waals surface area (Å²) in [6, 6.07) is -0.228. The Hall–Kier alpha value is -1.27. The first-order valence-corrected chi connectivity index (χ1v) is 5.23. The highest BCUT2D eigenvalue weighted by atomic mass is 16.5. The van der Waals surface area contributed by atoms with Gasteiger partial charge >= 0.3 is 0 Å². The fourth-order valence-corrected chi connectivity index (χ4v) is 1.80. The molecule has 0 radical (unpaired) electrons. The average Bonchev–Trinajstić information content (AvgIpc) is 2.77. The van der Waals surface area contributed by atoms with Gasteiger partial charge in [0.05, 0.1) is 25.0 Å². The highest BCUT2D eigenvalue weighted by Crippen LogP contribution is 2.29. The summed E-state index contributed by atoms with van der Waals surface area (Å²) < 4.78 is 6.85. The molecule has 2 atom stereocenters. The van der Waals surface area contributed by atoms with E-state index in [9.17, 15) is 4.79 Å². The van der Waals surface area contributed by atoms with Crippen LogP contribution in [0.2, 0.25) is 0 Å². The minimum absolute atomic E-state index is 0.0635. The van der Waals surface area contributed by atoms with E-state index < -0.39 is 5.41 Å². The van der Waals surface area contributed by atoms with E-state index in [1.165, 1.54) is 6.33 Å². The molecule has 0 amide bonds. The molecule has 2 heterocycles. The molecule has 1 saturated heterocycles. The Bertz CT molecular complexity index is 403. The molecule has 88 valence electrons. The highest BCUT2D eigenvalue weighted by molar-refractivity contribution is 5.87. The topological polar surface area (TPSA) is 83.0 Å². The van der Waals surface area contributed by atoms with Gasteiger partial charge in [-0.05, 0) is 6.92 Å². The van der Waals surface area contributed by atoms with E-state index in [0.29, 0.717) is 19.0 Å². The quantitative estimate of drug-likeness (QED) is 0.733. The van der Waals surface area contributed by atoms with E-state index in [0.717, 1.165) is 0 Å². The number of ether oxygens (including phenoxy) is 1. The van der Waals surface area contributed by atoms with Gasteiger partial charge < -0.3 is 10.5 Å². The van der Waals surface area contributed by atoms with Gasteiger partial charge in [0.2, 0.25) is 0 Å². The van der Waals surface area contributed by atoms with Crippen molar-refractivity contribution in [2.24, 2.45) is 18.2 Å². The summed E-state index contributed by atoms with van der Waals surface area (Å²) in [7, 11) is 1.77. The molecule has 0 aromatic carbocycles.